The van der Waals surface area contributed by atoms with Gasteiger partial charge in [0, 0.05) is 15.6 Å². The zero-order chi connectivity index (χ0) is 16.9. The second-order valence-corrected chi connectivity index (χ2v) is 7.89. The molecule has 0 saturated carbocycles. The lowest BCUT2D eigenvalue weighted by molar-refractivity contribution is 0.631. The molecule has 0 atom stereocenters. The van der Waals surface area contributed by atoms with Gasteiger partial charge in [-0.3, -0.25) is 0 Å². The summed E-state index contributed by atoms with van der Waals surface area (Å²) in [6.07, 6.45) is 0. The van der Waals surface area contributed by atoms with E-state index in [2.05, 4.69) is 108 Å². The highest BCUT2D eigenvalue weighted by molar-refractivity contribution is 9.10. The molecule has 0 saturated heterocycles. The Hall–Kier alpha value is -2.06. The normalized spacial score (nSPS) is 14.9. The molecule has 0 radical (unpaired) electrons. The predicted octanol–water partition coefficient (Wildman–Crippen LogP) is 6.87. The molecule has 0 unspecified atom stereocenters. The highest BCUT2D eigenvalue weighted by Gasteiger charge is 2.36. The minimum absolute atomic E-state index is 0.0200. The number of anilines is 3. The Morgan fingerprint density at radius 3 is 2.21 bits per heavy atom. The van der Waals surface area contributed by atoms with Crippen LogP contribution in [-0.4, -0.2) is 0 Å². The fourth-order valence-corrected chi connectivity index (χ4v) is 4.01. The van der Waals surface area contributed by atoms with E-state index in [-0.39, 0.29) is 5.41 Å². The monoisotopic (exact) mass is 377 g/mol. The third-order valence-electron chi connectivity index (χ3n) is 4.98. The second kappa shape index (κ2) is 5.49. The van der Waals surface area contributed by atoms with Crippen LogP contribution in [0.1, 0.15) is 30.5 Å². The van der Waals surface area contributed by atoms with Crippen LogP contribution in [-0.2, 0) is 5.41 Å². The summed E-state index contributed by atoms with van der Waals surface area (Å²) in [5.74, 6) is 0. The Morgan fingerprint density at radius 2 is 1.46 bits per heavy atom. The zero-order valence-corrected chi connectivity index (χ0v) is 15.8. The van der Waals surface area contributed by atoms with Crippen molar-refractivity contribution in [2.75, 3.05) is 4.90 Å². The highest BCUT2D eigenvalue weighted by atomic mass is 79.9. The molecule has 0 bridgehead atoms. The topological polar surface area (TPSA) is 3.24 Å². The van der Waals surface area contributed by atoms with Gasteiger partial charge >= 0.3 is 0 Å². The largest absolute Gasteiger partial charge is 0.310 e. The van der Waals surface area contributed by atoms with Crippen LogP contribution in [0, 0.1) is 6.92 Å². The molecular weight excluding hydrogens is 358 g/mol. The van der Waals surface area contributed by atoms with E-state index in [0.29, 0.717) is 0 Å². The van der Waals surface area contributed by atoms with Crippen LogP contribution in [0.15, 0.2) is 71.2 Å². The van der Waals surface area contributed by atoms with Crippen LogP contribution in [0.4, 0.5) is 17.1 Å². The molecule has 0 aromatic heterocycles. The maximum Gasteiger partial charge on any atom is 0.0513 e. The minimum Gasteiger partial charge on any atom is -0.310 e. The van der Waals surface area contributed by atoms with Gasteiger partial charge in [-0.25, -0.2) is 0 Å². The molecule has 1 aliphatic heterocycles. The van der Waals surface area contributed by atoms with Gasteiger partial charge in [0.05, 0.1) is 11.4 Å². The quantitative estimate of drug-likeness (QED) is 0.447. The van der Waals surface area contributed by atoms with Gasteiger partial charge in [0.1, 0.15) is 0 Å². The Morgan fingerprint density at radius 1 is 0.792 bits per heavy atom. The molecular formula is C22H20BrN. The number of hydrogen-bond donors (Lipinski definition) is 0. The first kappa shape index (κ1) is 15.5. The lowest BCUT2D eigenvalue weighted by Crippen LogP contribution is -2.30. The van der Waals surface area contributed by atoms with Crippen LogP contribution in [0.25, 0.3) is 0 Å². The third-order valence-corrected chi connectivity index (χ3v) is 5.48. The van der Waals surface area contributed by atoms with E-state index in [1.807, 2.05) is 0 Å². The number of fused-ring (bicyclic) bond motifs is 2. The summed E-state index contributed by atoms with van der Waals surface area (Å²) in [5, 5.41) is 0. The van der Waals surface area contributed by atoms with Gasteiger partial charge in [-0.15, -0.1) is 0 Å². The third kappa shape index (κ3) is 2.29. The molecule has 1 nitrogen and oxygen atoms in total. The summed E-state index contributed by atoms with van der Waals surface area (Å²) in [7, 11) is 0. The summed E-state index contributed by atoms with van der Waals surface area (Å²) in [5.41, 5.74) is 7.68. The van der Waals surface area contributed by atoms with E-state index >= 15 is 0 Å². The van der Waals surface area contributed by atoms with E-state index in [9.17, 15) is 0 Å². The number of hydrogen-bond acceptors (Lipinski definition) is 1. The van der Waals surface area contributed by atoms with Gasteiger partial charge in [-0.05, 0) is 48.4 Å². The van der Waals surface area contributed by atoms with Gasteiger partial charge in [0.25, 0.3) is 0 Å². The smallest absolute Gasteiger partial charge is 0.0513 e. The molecule has 3 aromatic carbocycles. The first-order chi connectivity index (χ1) is 11.5. The van der Waals surface area contributed by atoms with Gasteiger partial charge in [0.2, 0.25) is 0 Å². The maximum atomic E-state index is 3.65. The average Bonchev–Trinajstić information content (AvgIpc) is 2.56. The molecule has 1 heterocycles. The Labute approximate surface area is 152 Å². The van der Waals surface area contributed by atoms with Gasteiger partial charge < -0.3 is 4.90 Å². The van der Waals surface area contributed by atoms with Crippen LogP contribution in [0.5, 0.6) is 0 Å². The van der Waals surface area contributed by atoms with E-state index in [1.165, 1.54) is 33.8 Å². The van der Waals surface area contributed by atoms with Crippen molar-refractivity contribution in [3.63, 3.8) is 0 Å². The summed E-state index contributed by atoms with van der Waals surface area (Å²) in [6.45, 7) is 6.75. The molecule has 0 fully saturated rings. The fraction of sp³-hybridized carbons (Fsp3) is 0.182. The van der Waals surface area contributed by atoms with Crippen molar-refractivity contribution in [1.29, 1.82) is 0 Å². The predicted molar refractivity (Wildman–Crippen MR) is 106 cm³/mol. The Kier molecular flexibility index (Phi) is 3.54. The van der Waals surface area contributed by atoms with Crippen molar-refractivity contribution < 1.29 is 0 Å². The molecule has 120 valence electrons. The SMILES string of the molecule is Cc1ccc(N2c3ccccc3C(C)(C)c3ccc(Br)cc32)cc1. The summed E-state index contributed by atoms with van der Waals surface area (Å²) >= 11 is 3.65. The molecule has 0 amide bonds. The van der Waals surface area contributed by atoms with Crippen molar-refractivity contribution in [2.24, 2.45) is 0 Å². The standard InChI is InChI=1S/C22H20BrN/c1-15-8-11-17(12-9-15)24-20-7-5-4-6-18(20)22(2,3)19-13-10-16(23)14-21(19)24/h4-14H,1-3H3. The molecule has 3 aromatic rings. The first-order valence-corrected chi connectivity index (χ1v) is 9.04. The first-order valence-electron chi connectivity index (χ1n) is 8.25. The number of aryl methyl sites for hydroxylation is 1. The van der Waals surface area contributed by atoms with Gasteiger partial charge in [-0.2, -0.15) is 0 Å². The molecule has 0 N–H and O–H groups in total. The molecule has 1 aliphatic rings. The lowest BCUT2D eigenvalue weighted by atomic mass is 9.73. The van der Waals surface area contributed by atoms with Gasteiger partial charge in [-0.1, -0.05) is 71.7 Å². The number of benzene rings is 3. The maximum absolute atomic E-state index is 3.65. The van der Waals surface area contributed by atoms with Gasteiger partial charge in [0.15, 0.2) is 0 Å². The number of nitrogens with zero attached hydrogens (tertiary/aromatic N) is 1. The summed E-state index contributed by atoms with van der Waals surface area (Å²) in [6, 6.07) is 24.1. The zero-order valence-electron chi connectivity index (χ0n) is 14.2. The number of halogens is 1. The van der Waals surface area contributed by atoms with E-state index in [1.54, 1.807) is 0 Å². The van der Waals surface area contributed by atoms with Crippen molar-refractivity contribution >= 4 is 33.0 Å². The minimum atomic E-state index is -0.0200. The van der Waals surface area contributed by atoms with E-state index < -0.39 is 0 Å². The lowest BCUT2D eigenvalue weighted by Gasteiger charge is -2.42. The van der Waals surface area contributed by atoms with Crippen LogP contribution in [0.3, 0.4) is 0 Å². The van der Waals surface area contributed by atoms with Crippen LogP contribution >= 0.6 is 15.9 Å². The average molecular weight is 378 g/mol. The van der Waals surface area contributed by atoms with Crippen molar-refractivity contribution in [2.45, 2.75) is 26.2 Å². The second-order valence-electron chi connectivity index (χ2n) is 6.97. The fourth-order valence-electron chi connectivity index (χ4n) is 3.66. The Balaban J connectivity index is 2.04. The molecule has 0 aliphatic carbocycles. The molecule has 2 heteroatoms. The Bertz CT molecular complexity index is 910. The molecule has 4 rings (SSSR count). The summed E-state index contributed by atoms with van der Waals surface area (Å²) in [4.78, 5) is 2.38. The van der Waals surface area contributed by atoms with Crippen molar-refractivity contribution in [3.8, 4) is 0 Å². The van der Waals surface area contributed by atoms with Crippen molar-refractivity contribution in [3.05, 3.63) is 87.9 Å². The molecule has 0 spiro atoms. The molecule has 24 heavy (non-hydrogen) atoms. The summed E-state index contributed by atoms with van der Waals surface area (Å²) < 4.78 is 1.11. The number of rotatable bonds is 1. The number of para-hydroxylation sites is 1. The van der Waals surface area contributed by atoms with Crippen molar-refractivity contribution in [1.82, 2.24) is 0 Å². The van der Waals surface area contributed by atoms with E-state index in [0.717, 1.165) is 4.47 Å². The van der Waals surface area contributed by atoms with Crippen LogP contribution < -0.4 is 4.90 Å². The van der Waals surface area contributed by atoms with E-state index in [4.69, 9.17) is 0 Å². The highest BCUT2D eigenvalue weighted by Crippen LogP contribution is 2.52. The van der Waals surface area contributed by atoms with Crippen LogP contribution in [0.2, 0.25) is 0 Å².